The zero-order valence-electron chi connectivity index (χ0n) is 5.39. The summed E-state index contributed by atoms with van der Waals surface area (Å²) in [5, 5.41) is 3.02. The molecule has 1 radical (unpaired) electrons. The second-order valence-corrected chi connectivity index (χ2v) is 2.73. The van der Waals surface area contributed by atoms with Crippen molar-refractivity contribution in [2.75, 3.05) is 13.7 Å². The normalized spacial score (nSPS) is 9.89. The van der Waals surface area contributed by atoms with Crippen molar-refractivity contribution >= 4 is 11.3 Å². The molecule has 0 unspecified atom stereocenters. The molecule has 0 atom stereocenters. The maximum absolute atomic E-state index is 4.91. The third-order valence-corrected chi connectivity index (χ3v) is 1.94. The topological polar surface area (TPSA) is 9.23 Å². The van der Waals surface area contributed by atoms with Crippen LogP contribution in [0.25, 0.3) is 0 Å². The molecule has 9 heavy (non-hydrogen) atoms. The van der Waals surface area contributed by atoms with Gasteiger partial charge in [-0.15, -0.1) is 11.3 Å². The second-order valence-electron chi connectivity index (χ2n) is 1.76. The average molecular weight is 141 g/mol. The van der Waals surface area contributed by atoms with Crippen LogP contribution < -0.4 is 0 Å². The number of hydrogen-bond donors (Lipinski definition) is 0. The molecule has 0 amide bonds. The van der Waals surface area contributed by atoms with Crippen LogP contribution >= 0.6 is 11.3 Å². The summed E-state index contributed by atoms with van der Waals surface area (Å²) < 4.78 is 4.91. The zero-order chi connectivity index (χ0) is 6.53. The standard InChI is InChI=1S/C7H9OS/c1-8-5-4-7-3-2-6-9-7/h2-3H,4-5H2,1H3. The lowest BCUT2D eigenvalue weighted by Crippen LogP contribution is -1.90. The molecule has 0 saturated carbocycles. The van der Waals surface area contributed by atoms with E-state index in [1.165, 1.54) is 4.88 Å². The quantitative estimate of drug-likeness (QED) is 0.623. The van der Waals surface area contributed by atoms with E-state index in [1.807, 2.05) is 6.07 Å². The molecule has 0 N–H and O–H groups in total. The van der Waals surface area contributed by atoms with Crippen LogP contribution in [0.5, 0.6) is 0 Å². The Kier molecular flexibility index (Phi) is 2.74. The maximum atomic E-state index is 4.91. The van der Waals surface area contributed by atoms with E-state index < -0.39 is 0 Å². The van der Waals surface area contributed by atoms with Crippen LogP contribution in [-0.4, -0.2) is 13.7 Å². The minimum atomic E-state index is 0.814. The van der Waals surface area contributed by atoms with Gasteiger partial charge in [-0.25, -0.2) is 0 Å². The highest BCUT2D eigenvalue weighted by Gasteiger charge is 1.90. The lowest BCUT2D eigenvalue weighted by Gasteiger charge is -1.92. The van der Waals surface area contributed by atoms with Crippen LogP contribution in [-0.2, 0) is 11.2 Å². The van der Waals surface area contributed by atoms with E-state index in [9.17, 15) is 0 Å². The molecule has 2 heteroatoms. The van der Waals surface area contributed by atoms with Crippen LogP contribution in [0.4, 0.5) is 0 Å². The summed E-state index contributed by atoms with van der Waals surface area (Å²) in [6.07, 6.45) is 1.02. The largest absolute Gasteiger partial charge is 0.384 e. The highest BCUT2D eigenvalue weighted by molar-refractivity contribution is 7.09. The van der Waals surface area contributed by atoms with Crippen molar-refractivity contribution in [3.8, 4) is 0 Å². The van der Waals surface area contributed by atoms with E-state index in [2.05, 4.69) is 11.4 Å². The Morgan fingerprint density at radius 3 is 3.22 bits per heavy atom. The van der Waals surface area contributed by atoms with Gasteiger partial charge in [0.2, 0.25) is 0 Å². The molecule has 1 heterocycles. The van der Waals surface area contributed by atoms with E-state index in [1.54, 1.807) is 18.4 Å². The number of rotatable bonds is 3. The highest BCUT2D eigenvalue weighted by atomic mass is 32.1. The van der Waals surface area contributed by atoms with Crippen molar-refractivity contribution in [1.82, 2.24) is 0 Å². The van der Waals surface area contributed by atoms with Crippen LogP contribution in [0, 0.1) is 5.38 Å². The first-order chi connectivity index (χ1) is 4.43. The summed E-state index contributed by atoms with van der Waals surface area (Å²) in [5.41, 5.74) is 0. The van der Waals surface area contributed by atoms with E-state index in [0.717, 1.165) is 13.0 Å². The molecule has 1 aromatic heterocycles. The number of thiophene rings is 1. The van der Waals surface area contributed by atoms with E-state index in [4.69, 9.17) is 4.74 Å². The number of ether oxygens (including phenoxy) is 1. The van der Waals surface area contributed by atoms with Gasteiger partial charge in [-0.3, -0.25) is 0 Å². The van der Waals surface area contributed by atoms with Gasteiger partial charge in [0.05, 0.1) is 6.61 Å². The van der Waals surface area contributed by atoms with Crippen molar-refractivity contribution < 1.29 is 4.74 Å². The summed E-state index contributed by atoms with van der Waals surface area (Å²) >= 11 is 1.66. The van der Waals surface area contributed by atoms with Crippen LogP contribution in [0.2, 0.25) is 0 Å². The Bertz CT molecular complexity index is 146. The summed E-state index contributed by atoms with van der Waals surface area (Å²) in [4.78, 5) is 1.34. The molecule has 0 aliphatic heterocycles. The summed E-state index contributed by atoms with van der Waals surface area (Å²) in [7, 11) is 1.72. The molecule has 0 spiro atoms. The van der Waals surface area contributed by atoms with Crippen molar-refractivity contribution in [2.45, 2.75) is 6.42 Å². The molecule has 0 bridgehead atoms. The van der Waals surface area contributed by atoms with E-state index in [-0.39, 0.29) is 0 Å². The van der Waals surface area contributed by atoms with Gasteiger partial charge in [0.15, 0.2) is 0 Å². The predicted octanol–water partition coefficient (Wildman–Crippen LogP) is 1.74. The van der Waals surface area contributed by atoms with Crippen LogP contribution in [0.1, 0.15) is 4.88 Å². The summed E-state index contributed by atoms with van der Waals surface area (Å²) in [5.74, 6) is 0. The average Bonchev–Trinajstić information content (AvgIpc) is 2.34. The molecule has 1 nitrogen and oxygen atoms in total. The molecule has 1 aromatic rings. The molecule has 1 rings (SSSR count). The molecule has 0 aliphatic rings. The fraction of sp³-hybridized carbons (Fsp3) is 0.429. The fourth-order valence-electron chi connectivity index (χ4n) is 0.608. The third kappa shape index (κ3) is 2.16. The minimum absolute atomic E-state index is 0.814. The highest BCUT2D eigenvalue weighted by Crippen LogP contribution is 2.07. The minimum Gasteiger partial charge on any atom is -0.384 e. The smallest absolute Gasteiger partial charge is 0.0510 e. The Morgan fingerprint density at radius 2 is 2.67 bits per heavy atom. The fourth-order valence-corrected chi connectivity index (χ4v) is 1.22. The Labute approximate surface area is 59.3 Å². The van der Waals surface area contributed by atoms with Crippen LogP contribution in [0.3, 0.4) is 0 Å². The van der Waals surface area contributed by atoms with Crippen molar-refractivity contribution in [1.29, 1.82) is 0 Å². The van der Waals surface area contributed by atoms with Crippen LogP contribution in [0.15, 0.2) is 12.1 Å². The molecule has 0 aromatic carbocycles. The Hall–Kier alpha value is -0.340. The Balaban J connectivity index is 2.30. The van der Waals surface area contributed by atoms with E-state index >= 15 is 0 Å². The molecular weight excluding hydrogens is 132 g/mol. The van der Waals surface area contributed by atoms with Gasteiger partial charge in [0.25, 0.3) is 0 Å². The van der Waals surface area contributed by atoms with E-state index in [0.29, 0.717) is 0 Å². The second kappa shape index (κ2) is 3.64. The lowest BCUT2D eigenvalue weighted by molar-refractivity contribution is 0.203. The molecule has 0 fully saturated rings. The molecule has 0 aliphatic carbocycles. The van der Waals surface area contributed by atoms with Gasteiger partial charge in [0, 0.05) is 23.8 Å². The SMILES string of the molecule is COCCc1cc[c]s1. The van der Waals surface area contributed by atoms with Gasteiger partial charge in [-0.2, -0.15) is 0 Å². The number of methoxy groups -OCH3 is 1. The van der Waals surface area contributed by atoms with Gasteiger partial charge in [-0.05, 0) is 12.1 Å². The summed E-state index contributed by atoms with van der Waals surface area (Å²) in [6.45, 7) is 0.814. The van der Waals surface area contributed by atoms with Gasteiger partial charge in [-0.1, -0.05) is 0 Å². The molecule has 0 saturated heterocycles. The summed E-state index contributed by atoms with van der Waals surface area (Å²) in [6, 6.07) is 4.01. The lowest BCUT2D eigenvalue weighted by atomic mass is 10.4. The number of hydrogen-bond acceptors (Lipinski definition) is 2. The van der Waals surface area contributed by atoms with Crippen molar-refractivity contribution in [3.63, 3.8) is 0 Å². The Morgan fingerprint density at radius 1 is 1.78 bits per heavy atom. The zero-order valence-corrected chi connectivity index (χ0v) is 6.20. The van der Waals surface area contributed by atoms with Crippen molar-refractivity contribution in [3.05, 3.63) is 22.4 Å². The predicted molar refractivity (Wildman–Crippen MR) is 38.7 cm³/mol. The van der Waals surface area contributed by atoms with Crippen molar-refractivity contribution in [2.24, 2.45) is 0 Å². The first-order valence-electron chi connectivity index (χ1n) is 2.87. The monoisotopic (exact) mass is 141 g/mol. The van der Waals surface area contributed by atoms with Gasteiger partial charge >= 0.3 is 0 Å². The third-order valence-electron chi connectivity index (χ3n) is 1.08. The first kappa shape index (κ1) is 6.78. The maximum Gasteiger partial charge on any atom is 0.0510 e. The molecular formula is C7H9OS. The first-order valence-corrected chi connectivity index (χ1v) is 3.69. The van der Waals surface area contributed by atoms with Gasteiger partial charge in [0.1, 0.15) is 0 Å². The van der Waals surface area contributed by atoms with Gasteiger partial charge < -0.3 is 4.74 Å². The molecule has 49 valence electrons.